The number of hydrogen-bond donors (Lipinski definition) is 1. The van der Waals surface area contributed by atoms with Crippen LogP contribution in [0, 0.1) is 0 Å². The van der Waals surface area contributed by atoms with E-state index in [1.54, 1.807) is 29.4 Å². The predicted molar refractivity (Wildman–Crippen MR) is 72.0 cm³/mol. The van der Waals surface area contributed by atoms with Crippen LogP contribution in [0.5, 0.6) is 0 Å². The third kappa shape index (κ3) is 2.96. The first kappa shape index (κ1) is 13.2. The van der Waals surface area contributed by atoms with E-state index in [9.17, 15) is 4.79 Å². The number of H-pyrrole nitrogens is 1. The average molecular weight is 259 g/mol. The lowest BCUT2D eigenvalue weighted by Crippen LogP contribution is -2.31. The van der Waals surface area contributed by atoms with Crippen molar-refractivity contribution in [1.29, 1.82) is 0 Å². The van der Waals surface area contributed by atoms with E-state index in [2.05, 4.69) is 27.1 Å². The molecule has 1 N–H and O–H groups in total. The van der Waals surface area contributed by atoms with Crippen molar-refractivity contribution in [2.24, 2.45) is 0 Å². The second kappa shape index (κ2) is 6.08. The lowest BCUT2D eigenvalue weighted by atomic mass is 10.3. The maximum Gasteiger partial charge on any atom is 0.297 e. The number of aromatic amines is 1. The van der Waals surface area contributed by atoms with Crippen LogP contribution in [-0.4, -0.2) is 32.6 Å². The van der Waals surface area contributed by atoms with Crippen molar-refractivity contribution in [3.63, 3.8) is 0 Å². The summed E-state index contributed by atoms with van der Waals surface area (Å²) in [7, 11) is 0. The van der Waals surface area contributed by atoms with Gasteiger partial charge in [0, 0.05) is 31.0 Å². The average Bonchev–Trinajstić information content (AvgIpc) is 2.90. The van der Waals surface area contributed by atoms with Crippen LogP contribution in [0.2, 0.25) is 0 Å². The molecule has 0 aliphatic heterocycles. The normalized spacial score (nSPS) is 10.4. The minimum atomic E-state index is -0.202. The van der Waals surface area contributed by atoms with Crippen LogP contribution in [-0.2, 0) is 6.42 Å². The number of carbonyl (C=O) groups is 1. The first-order valence-corrected chi connectivity index (χ1v) is 6.39. The topological polar surface area (TPSA) is 74.8 Å². The van der Waals surface area contributed by atoms with Gasteiger partial charge >= 0.3 is 0 Å². The van der Waals surface area contributed by atoms with Crippen LogP contribution >= 0.6 is 0 Å². The van der Waals surface area contributed by atoms with Crippen LogP contribution in [0.15, 0.2) is 24.5 Å². The summed E-state index contributed by atoms with van der Waals surface area (Å²) in [5.74, 6) is 0.756. The highest BCUT2D eigenvalue weighted by Gasteiger charge is 2.20. The molecule has 100 valence electrons. The Morgan fingerprint density at radius 2 is 2.05 bits per heavy atom. The summed E-state index contributed by atoms with van der Waals surface area (Å²) in [4.78, 5) is 22.1. The number of aryl methyl sites for hydroxylation is 1. The molecule has 0 saturated heterocycles. The zero-order chi connectivity index (χ0) is 13.7. The fourth-order valence-electron chi connectivity index (χ4n) is 1.83. The van der Waals surface area contributed by atoms with E-state index in [0.717, 1.165) is 24.4 Å². The Labute approximate surface area is 111 Å². The summed E-state index contributed by atoms with van der Waals surface area (Å²) >= 11 is 0. The molecule has 0 radical (unpaired) electrons. The maximum atomic E-state index is 12.4. The lowest BCUT2D eigenvalue weighted by Gasteiger charge is -2.18. The molecule has 2 aromatic heterocycles. The third-order valence-electron chi connectivity index (χ3n) is 2.75. The van der Waals surface area contributed by atoms with Gasteiger partial charge in [-0.15, -0.1) is 5.10 Å². The van der Waals surface area contributed by atoms with Crippen molar-refractivity contribution < 1.29 is 4.79 Å². The van der Waals surface area contributed by atoms with Crippen molar-refractivity contribution in [3.8, 4) is 0 Å². The molecule has 6 nitrogen and oxygen atoms in total. The van der Waals surface area contributed by atoms with Gasteiger partial charge in [-0.1, -0.05) is 6.92 Å². The van der Waals surface area contributed by atoms with Gasteiger partial charge in [0.15, 0.2) is 0 Å². The smallest absolute Gasteiger partial charge is 0.297 e. The molecule has 0 saturated carbocycles. The van der Waals surface area contributed by atoms with E-state index < -0.39 is 0 Å². The Morgan fingerprint density at radius 3 is 2.68 bits per heavy atom. The van der Waals surface area contributed by atoms with Gasteiger partial charge in [-0.2, -0.15) is 0 Å². The van der Waals surface area contributed by atoms with E-state index in [1.165, 1.54) is 0 Å². The van der Waals surface area contributed by atoms with Crippen LogP contribution in [0.1, 0.15) is 36.7 Å². The van der Waals surface area contributed by atoms with E-state index in [0.29, 0.717) is 6.54 Å². The summed E-state index contributed by atoms with van der Waals surface area (Å²) in [6.45, 7) is 4.53. The standard InChI is InChI=1S/C13H17N5O/c1-3-5-11-15-12(17-16-11)13(19)18(4-2)10-6-8-14-9-7-10/h6-9H,3-5H2,1-2H3,(H,15,16,17). The number of carbonyl (C=O) groups excluding carboxylic acids is 1. The number of rotatable bonds is 5. The number of nitrogens with zero attached hydrogens (tertiary/aromatic N) is 4. The van der Waals surface area contributed by atoms with Gasteiger partial charge in [0.1, 0.15) is 5.82 Å². The fraction of sp³-hybridized carbons (Fsp3) is 0.385. The van der Waals surface area contributed by atoms with Crippen molar-refractivity contribution in [2.75, 3.05) is 11.4 Å². The van der Waals surface area contributed by atoms with E-state index in [4.69, 9.17) is 0 Å². The van der Waals surface area contributed by atoms with E-state index in [1.807, 2.05) is 6.92 Å². The van der Waals surface area contributed by atoms with Gasteiger partial charge in [-0.05, 0) is 25.5 Å². The number of aromatic nitrogens is 4. The number of amides is 1. The Hall–Kier alpha value is -2.24. The SMILES string of the molecule is CCCc1nc(C(=O)N(CC)c2ccncc2)n[nH]1. The largest absolute Gasteiger partial charge is 0.306 e. The Balaban J connectivity index is 2.20. The molecule has 0 atom stereocenters. The molecule has 2 aromatic rings. The van der Waals surface area contributed by atoms with Crippen LogP contribution < -0.4 is 4.90 Å². The molecule has 1 amide bonds. The number of hydrogen-bond acceptors (Lipinski definition) is 4. The van der Waals surface area contributed by atoms with Crippen LogP contribution in [0.25, 0.3) is 0 Å². The number of nitrogens with one attached hydrogen (secondary N) is 1. The molecular weight excluding hydrogens is 242 g/mol. The van der Waals surface area contributed by atoms with E-state index >= 15 is 0 Å². The molecule has 0 aromatic carbocycles. The van der Waals surface area contributed by atoms with E-state index in [-0.39, 0.29) is 11.7 Å². The van der Waals surface area contributed by atoms with Crippen LogP contribution in [0.4, 0.5) is 5.69 Å². The molecule has 0 fully saturated rings. The van der Waals surface area contributed by atoms with Crippen molar-refractivity contribution in [1.82, 2.24) is 20.2 Å². The Kier molecular flexibility index (Phi) is 4.22. The molecule has 0 spiro atoms. The lowest BCUT2D eigenvalue weighted by molar-refractivity contribution is 0.0978. The van der Waals surface area contributed by atoms with Gasteiger partial charge in [0.2, 0.25) is 5.82 Å². The Morgan fingerprint density at radius 1 is 1.32 bits per heavy atom. The molecule has 6 heteroatoms. The monoisotopic (exact) mass is 259 g/mol. The zero-order valence-corrected chi connectivity index (χ0v) is 11.1. The van der Waals surface area contributed by atoms with Crippen LogP contribution in [0.3, 0.4) is 0 Å². The zero-order valence-electron chi connectivity index (χ0n) is 11.1. The maximum absolute atomic E-state index is 12.4. The summed E-state index contributed by atoms with van der Waals surface area (Å²) < 4.78 is 0. The number of anilines is 1. The molecule has 0 aliphatic rings. The first-order chi connectivity index (χ1) is 9.26. The summed E-state index contributed by atoms with van der Waals surface area (Å²) in [6, 6.07) is 3.59. The quantitative estimate of drug-likeness (QED) is 0.888. The summed E-state index contributed by atoms with van der Waals surface area (Å²) in [6.07, 6.45) is 5.07. The summed E-state index contributed by atoms with van der Waals surface area (Å²) in [5.41, 5.74) is 0.796. The van der Waals surface area contributed by atoms with Crippen molar-refractivity contribution >= 4 is 11.6 Å². The van der Waals surface area contributed by atoms with Crippen molar-refractivity contribution in [3.05, 3.63) is 36.2 Å². The second-order valence-electron chi connectivity index (χ2n) is 4.11. The molecule has 0 unspecified atom stereocenters. The highest BCUT2D eigenvalue weighted by Crippen LogP contribution is 2.14. The molecule has 0 aliphatic carbocycles. The third-order valence-corrected chi connectivity index (χ3v) is 2.75. The minimum absolute atomic E-state index is 0.202. The fourth-order valence-corrected chi connectivity index (χ4v) is 1.83. The molecule has 2 heterocycles. The van der Waals surface area contributed by atoms with Gasteiger partial charge < -0.3 is 4.90 Å². The molecule has 2 rings (SSSR count). The van der Waals surface area contributed by atoms with Gasteiger partial charge in [0.25, 0.3) is 5.91 Å². The first-order valence-electron chi connectivity index (χ1n) is 6.39. The van der Waals surface area contributed by atoms with Gasteiger partial charge in [-0.25, -0.2) is 4.98 Å². The molecule has 19 heavy (non-hydrogen) atoms. The molecular formula is C13H17N5O. The van der Waals surface area contributed by atoms with Gasteiger partial charge in [0.05, 0.1) is 0 Å². The Bertz CT molecular complexity index is 537. The minimum Gasteiger partial charge on any atom is -0.306 e. The van der Waals surface area contributed by atoms with Crippen molar-refractivity contribution in [2.45, 2.75) is 26.7 Å². The van der Waals surface area contributed by atoms with Gasteiger partial charge in [-0.3, -0.25) is 14.9 Å². The highest BCUT2D eigenvalue weighted by atomic mass is 16.2. The summed E-state index contributed by atoms with van der Waals surface area (Å²) in [5, 5.41) is 6.78. The highest BCUT2D eigenvalue weighted by molar-refractivity contribution is 6.03. The second-order valence-corrected chi connectivity index (χ2v) is 4.11. The number of pyridine rings is 1. The molecule has 0 bridgehead atoms. The predicted octanol–water partition coefficient (Wildman–Crippen LogP) is 1.82.